The summed E-state index contributed by atoms with van der Waals surface area (Å²) in [4.78, 5) is 2.31. The Morgan fingerprint density at radius 2 is 1.87 bits per heavy atom. The van der Waals surface area contributed by atoms with E-state index in [1.165, 1.54) is 5.56 Å². The number of halogens is 1. The van der Waals surface area contributed by atoms with E-state index in [0.717, 1.165) is 17.5 Å². The van der Waals surface area contributed by atoms with Crippen LogP contribution in [0.3, 0.4) is 0 Å². The molecule has 0 saturated heterocycles. The van der Waals surface area contributed by atoms with Gasteiger partial charge in [0.15, 0.2) is 11.5 Å². The zero-order valence-corrected chi connectivity index (χ0v) is 14.4. The normalized spacial score (nSPS) is 24.3. The summed E-state index contributed by atoms with van der Waals surface area (Å²) in [7, 11) is 3.66. The highest BCUT2D eigenvalue weighted by Gasteiger charge is 2.38. The van der Waals surface area contributed by atoms with Gasteiger partial charge in [-0.05, 0) is 42.3 Å². The van der Waals surface area contributed by atoms with Gasteiger partial charge in [-0.25, -0.2) is 0 Å². The lowest BCUT2D eigenvalue weighted by Crippen LogP contribution is -2.36. The molecule has 1 aliphatic rings. The van der Waals surface area contributed by atoms with Crippen molar-refractivity contribution in [3.8, 4) is 11.5 Å². The molecule has 0 aliphatic carbocycles. The Labute approximate surface area is 142 Å². The van der Waals surface area contributed by atoms with Crippen molar-refractivity contribution in [2.24, 2.45) is 0 Å². The van der Waals surface area contributed by atoms with E-state index in [1.807, 2.05) is 24.3 Å². The second-order valence-corrected chi connectivity index (χ2v) is 6.47. The summed E-state index contributed by atoms with van der Waals surface area (Å²) < 4.78 is 5.27. The van der Waals surface area contributed by atoms with E-state index in [0.29, 0.717) is 5.75 Å². The number of phenolic OH excluding ortho intramolecular Hbond substituents is 1. The van der Waals surface area contributed by atoms with E-state index in [1.54, 1.807) is 13.2 Å². The molecule has 1 heterocycles. The zero-order chi connectivity index (χ0) is 16.6. The molecule has 3 unspecified atom stereocenters. The smallest absolute Gasteiger partial charge is 0.160 e. The molecular weight excluding hydrogens is 310 g/mol. The quantitative estimate of drug-likeness (QED) is 0.818. The molecule has 2 aromatic rings. The SMILES string of the molecule is CCC1c2cc(O)c(OC)cc2C(Cl)C(c2ccccc2)N1C. The van der Waals surface area contributed by atoms with Gasteiger partial charge in [-0.1, -0.05) is 37.3 Å². The Balaban J connectivity index is 2.15. The minimum absolute atomic E-state index is 0.0876. The highest BCUT2D eigenvalue weighted by atomic mass is 35.5. The number of aromatic hydroxyl groups is 1. The first-order valence-electron chi connectivity index (χ1n) is 7.90. The molecule has 0 saturated carbocycles. The van der Waals surface area contributed by atoms with Crippen LogP contribution in [0.2, 0.25) is 0 Å². The minimum Gasteiger partial charge on any atom is -0.504 e. The van der Waals surface area contributed by atoms with E-state index >= 15 is 0 Å². The molecule has 0 spiro atoms. The minimum atomic E-state index is -0.199. The Hall–Kier alpha value is -1.71. The maximum atomic E-state index is 10.1. The largest absolute Gasteiger partial charge is 0.504 e. The van der Waals surface area contributed by atoms with Crippen molar-refractivity contribution < 1.29 is 9.84 Å². The van der Waals surface area contributed by atoms with Gasteiger partial charge in [0.2, 0.25) is 0 Å². The molecular formula is C19H22ClNO2. The van der Waals surface area contributed by atoms with E-state index < -0.39 is 0 Å². The number of ether oxygens (including phenoxy) is 1. The molecule has 2 aromatic carbocycles. The van der Waals surface area contributed by atoms with Gasteiger partial charge in [-0.15, -0.1) is 11.6 Å². The lowest BCUT2D eigenvalue weighted by Gasteiger charge is -2.44. The average Bonchev–Trinajstić information content (AvgIpc) is 2.56. The summed E-state index contributed by atoms with van der Waals surface area (Å²) in [6, 6.07) is 14.3. The Morgan fingerprint density at radius 3 is 2.48 bits per heavy atom. The fourth-order valence-corrected chi connectivity index (χ4v) is 4.16. The topological polar surface area (TPSA) is 32.7 Å². The first-order valence-corrected chi connectivity index (χ1v) is 8.33. The number of nitrogens with zero attached hydrogens (tertiary/aromatic N) is 1. The Bertz CT molecular complexity index is 689. The predicted octanol–water partition coefficient (Wildman–Crippen LogP) is 4.82. The van der Waals surface area contributed by atoms with Crippen LogP contribution in [0.1, 0.15) is 47.5 Å². The predicted molar refractivity (Wildman–Crippen MR) is 93.2 cm³/mol. The van der Waals surface area contributed by atoms with E-state index in [2.05, 4.69) is 31.0 Å². The highest BCUT2D eigenvalue weighted by molar-refractivity contribution is 6.21. The molecule has 3 rings (SSSR count). The highest BCUT2D eigenvalue weighted by Crippen LogP contribution is 2.51. The van der Waals surface area contributed by atoms with Crippen molar-refractivity contribution in [1.29, 1.82) is 0 Å². The molecule has 0 radical (unpaired) electrons. The van der Waals surface area contributed by atoms with Crippen LogP contribution in [-0.2, 0) is 0 Å². The van der Waals surface area contributed by atoms with Crippen LogP contribution in [0.25, 0.3) is 0 Å². The van der Waals surface area contributed by atoms with Gasteiger partial charge in [-0.3, -0.25) is 4.90 Å². The molecule has 23 heavy (non-hydrogen) atoms. The number of alkyl halides is 1. The molecule has 1 aliphatic heterocycles. The molecule has 1 N–H and O–H groups in total. The zero-order valence-electron chi connectivity index (χ0n) is 13.7. The van der Waals surface area contributed by atoms with Crippen LogP contribution < -0.4 is 4.74 Å². The fourth-order valence-electron chi connectivity index (χ4n) is 3.64. The molecule has 3 nitrogen and oxygen atoms in total. The molecule has 3 atom stereocenters. The fraction of sp³-hybridized carbons (Fsp3) is 0.368. The summed E-state index contributed by atoms with van der Waals surface area (Å²) >= 11 is 6.87. The standard InChI is InChI=1S/C19H22ClNO2/c1-4-15-13-10-16(22)17(23-3)11-14(13)18(20)19(21(15)2)12-8-6-5-7-9-12/h5-11,15,18-19,22H,4H2,1-3H3. The third-order valence-corrected chi connectivity index (χ3v) is 5.25. The summed E-state index contributed by atoms with van der Waals surface area (Å²) in [5, 5.41) is 9.95. The lowest BCUT2D eigenvalue weighted by molar-refractivity contribution is 0.146. The number of hydrogen-bond donors (Lipinski definition) is 1. The lowest BCUT2D eigenvalue weighted by atomic mass is 9.84. The van der Waals surface area contributed by atoms with E-state index in [9.17, 15) is 5.11 Å². The van der Waals surface area contributed by atoms with Crippen molar-refractivity contribution in [1.82, 2.24) is 4.90 Å². The average molecular weight is 332 g/mol. The third kappa shape index (κ3) is 2.68. The number of benzene rings is 2. The molecule has 0 amide bonds. The summed E-state index contributed by atoms with van der Waals surface area (Å²) in [5.41, 5.74) is 3.33. The second-order valence-electron chi connectivity index (χ2n) is 6.00. The Morgan fingerprint density at radius 1 is 1.17 bits per heavy atom. The number of likely N-dealkylation sites (N-methyl/N-ethyl adjacent to an activating group) is 1. The summed E-state index contributed by atoms with van der Waals surface area (Å²) in [5.74, 6) is 0.640. The van der Waals surface area contributed by atoms with Crippen LogP contribution >= 0.6 is 11.6 Å². The molecule has 0 fully saturated rings. The van der Waals surface area contributed by atoms with Gasteiger partial charge >= 0.3 is 0 Å². The van der Waals surface area contributed by atoms with Crippen molar-refractivity contribution in [3.05, 3.63) is 59.2 Å². The van der Waals surface area contributed by atoms with Gasteiger partial charge in [-0.2, -0.15) is 0 Å². The van der Waals surface area contributed by atoms with Gasteiger partial charge in [0.25, 0.3) is 0 Å². The first kappa shape index (κ1) is 16.2. The van der Waals surface area contributed by atoms with Crippen molar-refractivity contribution >= 4 is 11.6 Å². The van der Waals surface area contributed by atoms with E-state index in [-0.39, 0.29) is 23.2 Å². The summed E-state index contributed by atoms with van der Waals surface area (Å²) in [6.07, 6.45) is 0.947. The van der Waals surface area contributed by atoms with Gasteiger partial charge in [0, 0.05) is 6.04 Å². The number of phenols is 1. The van der Waals surface area contributed by atoms with Gasteiger partial charge in [0.1, 0.15) is 0 Å². The number of methoxy groups -OCH3 is 1. The van der Waals surface area contributed by atoms with Crippen molar-refractivity contribution in [2.75, 3.05) is 14.2 Å². The number of fused-ring (bicyclic) bond motifs is 1. The van der Waals surface area contributed by atoms with Gasteiger partial charge < -0.3 is 9.84 Å². The van der Waals surface area contributed by atoms with Gasteiger partial charge in [0.05, 0.1) is 18.5 Å². The van der Waals surface area contributed by atoms with Crippen LogP contribution in [0.5, 0.6) is 11.5 Å². The number of rotatable bonds is 3. The maximum absolute atomic E-state index is 10.1. The second kappa shape index (κ2) is 6.42. The monoisotopic (exact) mass is 331 g/mol. The van der Waals surface area contributed by atoms with Crippen LogP contribution in [0.15, 0.2) is 42.5 Å². The van der Waals surface area contributed by atoms with Crippen molar-refractivity contribution in [2.45, 2.75) is 30.8 Å². The molecule has 0 bridgehead atoms. The van der Waals surface area contributed by atoms with E-state index in [4.69, 9.17) is 16.3 Å². The third-order valence-electron chi connectivity index (χ3n) is 4.78. The maximum Gasteiger partial charge on any atom is 0.160 e. The van der Waals surface area contributed by atoms with Crippen molar-refractivity contribution in [3.63, 3.8) is 0 Å². The first-order chi connectivity index (χ1) is 11.1. The molecule has 122 valence electrons. The van der Waals surface area contributed by atoms with Crippen LogP contribution in [-0.4, -0.2) is 24.2 Å². The summed E-state index contributed by atoms with van der Waals surface area (Å²) in [6.45, 7) is 2.16. The van der Waals surface area contributed by atoms with Crippen LogP contribution in [0, 0.1) is 0 Å². The van der Waals surface area contributed by atoms with Crippen LogP contribution in [0.4, 0.5) is 0 Å². The molecule has 0 aromatic heterocycles. The number of hydrogen-bond acceptors (Lipinski definition) is 3. The Kier molecular flexibility index (Phi) is 4.51. The molecule has 4 heteroatoms.